The van der Waals surface area contributed by atoms with Gasteiger partial charge in [-0.25, -0.2) is 4.98 Å². The lowest BCUT2D eigenvalue weighted by Gasteiger charge is -2.08. The second-order valence-electron chi connectivity index (χ2n) is 21.4. The van der Waals surface area contributed by atoms with E-state index in [-0.39, 0.29) is 24.4 Å². The van der Waals surface area contributed by atoms with Crippen LogP contribution in [0.1, 0.15) is 150 Å². The fourth-order valence-corrected chi connectivity index (χ4v) is 6.79. The van der Waals surface area contributed by atoms with E-state index in [4.69, 9.17) is 65.3 Å². The van der Waals surface area contributed by atoms with Crippen LogP contribution in [0.2, 0.25) is 5.02 Å². The van der Waals surface area contributed by atoms with E-state index in [0.717, 1.165) is 40.2 Å². The van der Waals surface area contributed by atoms with Crippen molar-refractivity contribution in [3.05, 3.63) is 201 Å². The molecule has 0 amide bonds. The zero-order valence-corrected chi connectivity index (χ0v) is 55.0. The fourth-order valence-electron chi connectivity index (χ4n) is 6.59. The molecule has 0 atom stereocenters. The number of methoxy groups -OCH3 is 2. The molecule has 0 aliphatic carbocycles. The van der Waals surface area contributed by atoms with Gasteiger partial charge in [0.2, 0.25) is 0 Å². The summed E-state index contributed by atoms with van der Waals surface area (Å²) in [5.41, 5.74) is 11.7. The van der Waals surface area contributed by atoms with Gasteiger partial charge in [-0.15, -0.1) is 0 Å². The number of halogens is 1. The van der Waals surface area contributed by atoms with Gasteiger partial charge in [0.1, 0.15) is 35.4 Å². The fraction of sp³-hybridized carbons (Fsp3) is 0.435. The number of nitriles is 3. The first-order valence-corrected chi connectivity index (χ1v) is 29.1. The van der Waals surface area contributed by atoms with Gasteiger partial charge in [-0.1, -0.05) is 60.8 Å². The van der Waals surface area contributed by atoms with E-state index in [0.29, 0.717) is 79.3 Å². The van der Waals surface area contributed by atoms with E-state index < -0.39 is 0 Å². The third-order valence-electron chi connectivity index (χ3n) is 10.5. The molecule has 0 aliphatic heterocycles. The highest BCUT2D eigenvalue weighted by Gasteiger charge is 2.03. The predicted octanol–water partition coefficient (Wildman–Crippen LogP) is 15.2. The number of rotatable bonds is 21. The Labute approximate surface area is 524 Å². The van der Waals surface area contributed by atoms with Crippen LogP contribution >= 0.6 is 11.6 Å². The zero-order chi connectivity index (χ0) is 64.9. The molecule has 0 unspecified atom stereocenters. The minimum Gasteiger partial charge on any atom is -0.495 e. The lowest BCUT2D eigenvalue weighted by atomic mass is 10.1. The third-order valence-corrected chi connectivity index (χ3v) is 10.7. The maximum Gasteiger partial charge on any atom is 0.140 e. The van der Waals surface area contributed by atoms with Gasteiger partial charge in [0.15, 0.2) is 0 Å². The van der Waals surface area contributed by atoms with Gasteiger partial charge in [-0.05, 0) is 165 Å². The standard InChI is InChI=1S/C12H18O.3C10H12N2O.C10H15NO.C9H12ClNO.C8H11NO2/c1-9(2)13-8-12-6-10(3)5-11(4)7-12;1-8(2)13-7-10-3-9(4-11)5-12-6-10;1-8(2)7-13-10-3-9(4-11)5-12-6-10;1-8(2)13-7-9-3-4-12-10(5-9)6-11;1-8(2)12-7-10-4-9(3)5-11-6-10;1-7(2)12-6-8-3-9(10)5-11-4-8;1-10-6-7-3-8(11-2)5-9-4-7/h5-7,9H,8H2,1-4H3;2*3,5-6,8H,7H2,1-2H3;3-5,8H,7H2,1-2H3;4-6,8H,7H2,1-3H3;3-5,7H,6H2,1-2H3;3-5H,6H2,1-2H3. The van der Waals surface area contributed by atoms with E-state index in [1.165, 1.54) is 28.5 Å². The van der Waals surface area contributed by atoms with Crippen LogP contribution < -0.4 is 9.47 Å². The van der Waals surface area contributed by atoms with Gasteiger partial charge in [0.05, 0.1) is 112 Å². The van der Waals surface area contributed by atoms with Gasteiger partial charge in [0.25, 0.3) is 0 Å². The second kappa shape index (κ2) is 46.5. The first-order chi connectivity index (χ1) is 41.5. The molecule has 0 bridgehead atoms. The Bertz CT molecular complexity index is 2870. The molecule has 0 radical (unpaired) electrons. The molecule has 6 aromatic heterocycles. The summed E-state index contributed by atoms with van der Waals surface area (Å²) in [7, 11) is 3.27. The lowest BCUT2D eigenvalue weighted by Crippen LogP contribution is -2.04. The smallest absolute Gasteiger partial charge is 0.140 e. The van der Waals surface area contributed by atoms with Gasteiger partial charge < -0.3 is 37.9 Å². The minimum absolute atomic E-state index is 0.200. The summed E-state index contributed by atoms with van der Waals surface area (Å²) in [5.74, 6) is 1.90. The van der Waals surface area contributed by atoms with E-state index in [1.54, 1.807) is 82.0 Å². The van der Waals surface area contributed by atoms with Crippen molar-refractivity contribution in [1.82, 2.24) is 29.9 Å². The number of ether oxygens (including phenoxy) is 8. The van der Waals surface area contributed by atoms with Crippen LogP contribution in [0.3, 0.4) is 0 Å². The highest BCUT2D eigenvalue weighted by atomic mass is 35.5. The van der Waals surface area contributed by atoms with Gasteiger partial charge >= 0.3 is 0 Å². The summed E-state index contributed by atoms with van der Waals surface area (Å²) in [6.45, 7) is 34.7. The van der Waals surface area contributed by atoms with Crippen molar-refractivity contribution in [2.24, 2.45) is 5.92 Å². The van der Waals surface area contributed by atoms with Crippen LogP contribution in [0.4, 0.5) is 0 Å². The molecule has 7 rings (SSSR count). The van der Waals surface area contributed by atoms with Crippen molar-refractivity contribution in [2.75, 3.05) is 20.8 Å². The quantitative estimate of drug-likeness (QED) is 0.0652. The van der Waals surface area contributed by atoms with Gasteiger partial charge in [-0.3, -0.25) is 24.9 Å². The average molecular weight is 1210 g/mol. The number of benzene rings is 1. The molecule has 0 aliphatic rings. The topological polar surface area (TPSA) is 223 Å². The van der Waals surface area contributed by atoms with E-state index in [1.807, 2.05) is 111 Å². The van der Waals surface area contributed by atoms with Crippen LogP contribution in [0.15, 0.2) is 129 Å². The summed E-state index contributed by atoms with van der Waals surface area (Å²) in [4.78, 5) is 23.7. The van der Waals surface area contributed by atoms with Crippen molar-refractivity contribution >= 4 is 11.6 Å². The molecule has 0 saturated carbocycles. The van der Waals surface area contributed by atoms with Crippen molar-refractivity contribution in [2.45, 2.75) is 174 Å². The molecule has 0 fully saturated rings. The van der Waals surface area contributed by atoms with Crippen molar-refractivity contribution < 1.29 is 37.9 Å². The normalized spacial score (nSPS) is 10.2. The Balaban J connectivity index is 0.000000508. The Morgan fingerprint density at radius 1 is 0.414 bits per heavy atom. The van der Waals surface area contributed by atoms with Crippen LogP contribution in [0, 0.1) is 60.7 Å². The largest absolute Gasteiger partial charge is 0.495 e. The molecule has 6 heterocycles. The molecule has 18 heteroatoms. The van der Waals surface area contributed by atoms with Crippen LogP contribution in [-0.4, -0.2) is 81.3 Å². The van der Waals surface area contributed by atoms with Crippen LogP contribution in [0.25, 0.3) is 0 Å². The first kappa shape index (κ1) is 77.3. The van der Waals surface area contributed by atoms with E-state index in [9.17, 15) is 0 Å². The maximum absolute atomic E-state index is 8.61. The summed E-state index contributed by atoms with van der Waals surface area (Å²) >= 11 is 5.74. The highest BCUT2D eigenvalue weighted by molar-refractivity contribution is 6.30. The summed E-state index contributed by atoms with van der Waals surface area (Å²) in [5, 5.41) is 26.4. The second-order valence-corrected chi connectivity index (χ2v) is 21.9. The SMILES string of the molecule is CC(C)COc1cncc(C#N)c1.CC(C)OCc1ccnc(C#N)c1.CC(C)OCc1cncc(C#N)c1.CC(C)OCc1cncc(Cl)c1.COCc1cncc(OC)c1.Cc1cc(C)cc(COC(C)C)c1.Cc1cncc(COC(C)C)c1. The Kier molecular flexibility index (Phi) is 41.3. The number of aromatic nitrogens is 6. The molecule has 17 nitrogen and oxygen atoms in total. The van der Waals surface area contributed by atoms with Crippen LogP contribution in [0.5, 0.6) is 11.5 Å². The van der Waals surface area contributed by atoms with Gasteiger partial charge in [-0.2, -0.15) is 15.8 Å². The maximum atomic E-state index is 8.61. The molecule has 0 saturated heterocycles. The van der Waals surface area contributed by atoms with Crippen LogP contribution in [-0.2, 0) is 68.1 Å². The summed E-state index contributed by atoms with van der Waals surface area (Å²) in [6.07, 6.45) is 19.7. The average Bonchev–Trinajstić information content (AvgIpc) is 3.66. The van der Waals surface area contributed by atoms with Crippen molar-refractivity contribution in [3.63, 3.8) is 0 Å². The number of hydrogen-bond acceptors (Lipinski definition) is 17. The molecule has 0 N–H and O–H groups in total. The first-order valence-electron chi connectivity index (χ1n) is 28.8. The Morgan fingerprint density at radius 2 is 0.839 bits per heavy atom. The molecule has 1 aromatic carbocycles. The molecule has 7 aromatic rings. The number of nitrogens with zero attached hydrogens (tertiary/aromatic N) is 9. The Hall–Kier alpha value is -7.76. The zero-order valence-electron chi connectivity index (χ0n) is 54.2. The highest BCUT2D eigenvalue weighted by Crippen LogP contribution is 2.15. The molecular formula is C69H92ClN9O8. The molecule has 87 heavy (non-hydrogen) atoms. The van der Waals surface area contributed by atoms with E-state index >= 15 is 0 Å². The van der Waals surface area contributed by atoms with Gasteiger partial charge in [0, 0.05) is 68.9 Å². The van der Waals surface area contributed by atoms with E-state index in [2.05, 4.69) is 95.7 Å². The molecule has 0 spiro atoms. The predicted molar refractivity (Wildman–Crippen MR) is 342 cm³/mol. The lowest BCUT2D eigenvalue weighted by molar-refractivity contribution is 0.0653. The third kappa shape index (κ3) is 41.1. The van der Waals surface area contributed by atoms with Crippen molar-refractivity contribution in [1.29, 1.82) is 15.8 Å². The number of aryl methyl sites for hydroxylation is 3. The minimum atomic E-state index is 0.200. The molecular weight excluding hydrogens is 1120 g/mol. The number of pyridine rings is 6. The summed E-state index contributed by atoms with van der Waals surface area (Å²) < 4.78 is 42.4. The molecule has 468 valence electrons. The van der Waals surface area contributed by atoms with Crippen molar-refractivity contribution in [3.8, 4) is 29.7 Å². The monoisotopic (exact) mass is 1210 g/mol. The summed E-state index contributed by atoms with van der Waals surface area (Å²) in [6, 6.07) is 25.5. The Morgan fingerprint density at radius 3 is 1.31 bits per heavy atom. The number of hydrogen-bond donors (Lipinski definition) is 0.